The summed E-state index contributed by atoms with van der Waals surface area (Å²) in [6.07, 6.45) is 1.80. The van der Waals surface area contributed by atoms with E-state index in [-0.39, 0.29) is 18.0 Å². The Morgan fingerprint density at radius 3 is 2.39 bits per heavy atom. The summed E-state index contributed by atoms with van der Waals surface area (Å²) in [7, 11) is -7.41. The number of carbonyl (C=O) groups excluding carboxylic acids is 1. The van der Waals surface area contributed by atoms with E-state index in [1.54, 1.807) is 0 Å². The Balaban J connectivity index is 2.17. The van der Waals surface area contributed by atoms with Gasteiger partial charge in [-0.05, 0) is 37.1 Å². The largest absolute Gasteiger partial charge is 0.274 e. The molecular weight excluding hydrogens is 364 g/mol. The van der Waals surface area contributed by atoms with Crippen LogP contribution in [0.25, 0.3) is 0 Å². The van der Waals surface area contributed by atoms with E-state index in [4.69, 9.17) is 11.6 Å². The summed E-state index contributed by atoms with van der Waals surface area (Å²) >= 11 is 5.76. The highest BCUT2D eigenvalue weighted by Crippen LogP contribution is 2.24. The molecule has 1 N–H and O–H groups in total. The van der Waals surface area contributed by atoms with Crippen LogP contribution in [0.4, 0.5) is 0 Å². The highest BCUT2D eigenvalue weighted by Gasteiger charge is 2.34. The minimum Gasteiger partial charge on any atom is -0.274 e. The summed E-state index contributed by atoms with van der Waals surface area (Å²) in [4.78, 5) is 12.0. The molecule has 1 atom stereocenters. The van der Waals surface area contributed by atoms with E-state index in [9.17, 15) is 21.6 Å². The molecule has 0 saturated carbocycles. The first kappa shape index (κ1) is 18.2. The minimum atomic E-state index is -3.74. The molecule has 1 aliphatic heterocycles. The summed E-state index contributed by atoms with van der Waals surface area (Å²) in [6, 6.07) is 5.76. The van der Waals surface area contributed by atoms with E-state index >= 15 is 0 Å². The molecule has 1 heterocycles. The maximum absolute atomic E-state index is 12.6. The van der Waals surface area contributed by atoms with Gasteiger partial charge in [0.05, 0.1) is 17.1 Å². The van der Waals surface area contributed by atoms with Crippen LogP contribution in [0.15, 0.2) is 29.2 Å². The van der Waals surface area contributed by atoms with E-state index < -0.39 is 31.9 Å². The molecule has 1 unspecified atom stereocenters. The molecule has 0 spiro atoms. The fourth-order valence-corrected chi connectivity index (χ4v) is 4.58. The van der Waals surface area contributed by atoms with E-state index in [0.717, 1.165) is 6.26 Å². The number of amides is 1. The zero-order valence-corrected chi connectivity index (χ0v) is 14.8. The summed E-state index contributed by atoms with van der Waals surface area (Å²) in [5.41, 5.74) is 0. The van der Waals surface area contributed by atoms with Gasteiger partial charge < -0.3 is 0 Å². The third-order valence-corrected chi connectivity index (χ3v) is 6.20. The predicted octanol–water partition coefficient (Wildman–Crippen LogP) is 0.817. The van der Waals surface area contributed by atoms with Gasteiger partial charge in [0.1, 0.15) is 0 Å². The van der Waals surface area contributed by atoms with Crippen molar-refractivity contribution in [2.45, 2.75) is 17.7 Å². The number of hydrogen-bond acceptors (Lipinski definition) is 5. The molecular formula is C13H17ClN2O5S2. The Kier molecular flexibility index (Phi) is 5.34. The van der Waals surface area contributed by atoms with Crippen molar-refractivity contribution < 1.29 is 21.6 Å². The highest BCUT2D eigenvalue weighted by atomic mass is 35.5. The Hall–Kier alpha value is -1.16. The predicted molar refractivity (Wildman–Crippen MR) is 85.9 cm³/mol. The third-order valence-electron chi connectivity index (χ3n) is 3.49. The highest BCUT2D eigenvalue weighted by molar-refractivity contribution is 7.89. The van der Waals surface area contributed by atoms with Gasteiger partial charge in [-0.2, -0.15) is 4.31 Å². The van der Waals surface area contributed by atoms with Crippen LogP contribution in [0.2, 0.25) is 5.02 Å². The molecule has 128 valence electrons. The Bertz CT molecular complexity index is 790. The molecule has 1 aromatic rings. The standard InChI is InChI=1S/C13H17ClN2O5S2/c1-22(18,19)15-13(17)10-3-2-8-16(9-10)23(20,21)12-6-4-11(14)5-7-12/h4-7,10H,2-3,8-9H2,1H3,(H,15,17). The summed E-state index contributed by atoms with van der Waals surface area (Å²) < 4.78 is 50.6. The molecule has 0 aromatic heterocycles. The maximum atomic E-state index is 12.6. The van der Waals surface area contributed by atoms with Crippen molar-refractivity contribution in [3.8, 4) is 0 Å². The van der Waals surface area contributed by atoms with E-state index in [1.165, 1.54) is 28.6 Å². The lowest BCUT2D eigenvalue weighted by Crippen LogP contribution is -2.46. The van der Waals surface area contributed by atoms with Crippen molar-refractivity contribution in [1.29, 1.82) is 0 Å². The molecule has 1 fully saturated rings. The van der Waals surface area contributed by atoms with Crippen LogP contribution >= 0.6 is 11.6 Å². The fraction of sp³-hybridized carbons (Fsp3) is 0.462. The second-order valence-corrected chi connectivity index (χ2v) is 9.52. The topological polar surface area (TPSA) is 101 Å². The van der Waals surface area contributed by atoms with Crippen molar-refractivity contribution in [3.05, 3.63) is 29.3 Å². The minimum absolute atomic E-state index is 0.0493. The number of carbonyl (C=O) groups is 1. The van der Waals surface area contributed by atoms with E-state index in [0.29, 0.717) is 17.9 Å². The van der Waals surface area contributed by atoms with Gasteiger partial charge in [0.25, 0.3) is 0 Å². The number of piperidine rings is 1. The number of nitrogens with one attached hydrogen (secondary N) is 1. The van der Waals surface area contributed by atoms with Crippen LogP contribution < -0.4 is 4.72 Å². The number of hydrogen-bond donors (Lipinski definition) is 1. The second kappa shape index (κ2) is 6.76. The number of nitrogens with zero attached hydrogens (tertiary/aromatic N) is 1. The molecule has 1 aromatic carbocycles. The molecule has 1 aliphatic rings. The zero-order chi connectivity index (χ0) is 17.3. The Morgan fingerprint density at radius 1 is 1.22 bits per heavy atom. The molecule has 0 bridgehead atoms. The van der Waals surface area contributed by atoms with Crippen LogP contribution in [0.1, 0.15) is 12.8 Å². The molecule has 23 heavy (non-hydrogen) atoms. The monoisotopic (exact) mass is 380 g/mol. The maximum Gasteiger partial charge on any atom is 0.243 e. The van der Waals surface area contributed by atoms with Crippen LogP contribution in [-0.4, -0.2) is 46.4 Å². The average Bonchev–Trinajstić information content (AvgIpc) is 2.46. The first-order valence-corrected chi connectivity index (χ1v) is 10.6. The van der Waals surface area contributed by atoms with E-state index in [2.05, 4.69) is 0 Å². The number of benzene rings is 1. The molecule has 1 amide bonds. The van der Waals surface area contributed by atoms with Gasteiger partial charge in [-0.1, -0.05) is 11.6 Å². The molecule has 10 heteroatoms. The first-order valence-electron chi connectivity index (χ1n) is 6.87. The van der Waals surface area contributed by atoms with Gasteiger partial charge in [-0.3, -0.25) is 9.52 Å². The second-order valence-electron chi connectivity index (χ2n) is 5.39. The van der Waals surface area contributed by atoms with E-state index in [1.807, 2.05) is 4.72 Å². The third kappa shape index (κ3) is 4.66. The van der Waals surface area contributed by atoms with Crippen molar-refractivity contribution in [2.75, 3.05) is 19.3 Å². The van der Waals surface area contributed by atoms with Gasteiger partial charge in [-0.25, -0.2) is 16.8 Å². The molecule has 1 saturated heterocycles. The fourth-order valence-electron chi connectivity index (χ4n) is 2.40. The quantitative estimate of drug-likeness (QED) is 0.833. The average molecular weight is 381 g/mol. The van der Waals surface area contributed by atoms with Crippen molar-refractivity contribution in [3.63, 3.8) is 0 Å². The zero-order valence-electron chi connectivity index (χ0n) is 12.4. The van der Waals surface area contributed by atoms with Gasteiger partial charge in [0, 0.05) is 18.1 Å². The van der Waals surface area contributed by atoms with Crippen molar-refractivity contribution in [1.82, 2.24) is 9.03 Å². The lowest BCUT2D eigenvalue weighted by molar-refractivity contribution is -0.124. The summed E-state index contributed by atoms with van der Waals surface area (Å²) in [5.74, 6) is -1.37. The normalized spacial score (nSPS) is 20.2. The van der Waals surface area contributed by atoms with Gasteiger partial charge >= 0.3 is 0 Å². The first-order chi connectivity index (χ1) is 10.6. The number of sulfonamides is 2. The smallest absolute Gasteiger partial charge is 0.243 e. The number of halogens is 1. The van der Waals surface area contributed by atoms with Crippen LogP contribution in [0.5, 0.6) is 0 Å². The lowest BCUT2D eigenvalue weighted by Gasteiger charge is -2.31. The van der Waals surface area contributed by atoms with Crippen LogP contribution in [0.3, 0.4) is 0 Å². The van der Waals surface area contributed by atoms with Gasteiger partial charge in [0.2, 0.25) is 26.0 Å². The van der Waals surface area contributed by atoms with Crippen molar-refractivity contribution >= 4 is 37.6 Å². The number of rotatable bonds is 4. The molecule has 2 rings (SSSR count). The van der Waals surface area contributed by atoms with Crippen LogP contribution in [-0.2, 0) is 24.8 Å². The molecule has 7 nitrogen and oxygen atoms in total. The van der Waals surface area contributed by atoms with Gasteiger partial charge in [0.15, 0.2) is 0 Å². The van der Waals surface area contributed by atoms with Crippen LogP contribution in [0, 0.1) is 5.92 Å². The molecule has 0 aliphatic carbocycles. The SMILES string of the molecule is CS(=O)(=O)NC(=O)C1CCCN(S(=O)(=O)c2ccc(Cl)cc2)C1. The van der Waals surface area contributed by atoms with Crippen molar-refractivity contribution in [2.24, 2.45) is 5.92 Å². The molecule has 0 radical (unpaired) electrons. The Morgan fingerprint density at radius 2 is 1.83 bits per heavy atom. The summed E-state index contributed by atoms with van der Waals surface area (Å²) in [5, 5.41) is 0.424. The summed E-state index contributed by atoms with van der Waals surface area (Å²) in [6.45, 7) is 0.236. The van der Waals surface area contributed by atoms with Gasteiger partial charge in [-0.15, -0.1) is 0 Å². The Labute approximate surface area is 140 Å². The lowest BCUT2D eigenvalue weighted by atomic mass is 9.99.